The van der Waals surface area contributed by atoms with Crippen molar-refractivity contribution in [1.29, 1.82) is 0 Å². The topological polar surface area (TPSA) is 68.3 Å². The second-order valence-corrected chi connectivity index (χ2v) is 5.99. The number of nitrogens with one attached hydrogen (secondary N) is 1. The van der Waals surface area contributed by atoms with Crippen molar-refractivity contribution in [2.75, 3.05) is 0 Å². The van der Waals surface area contributed by atoms with E-state index >= 15 is 0 Å². The Labute approximate surface area is 129 Å². The summed E-state index contributed by atoms with van der Waals surface area (Å²) in [5.41, 5.74) is 1.21. The lowest BCUT2D eigenvalue weighted by Crippen LogP contribution is -2.41. The summed E-state index contributed by atoms with van der Waals surface area (Å²) in [6.45, 7) is 2.08. The van der Waals surface area contributed by atoms with Crippen LogP contribution in [-0.4, -0.2) is 22.5 Å². The minimum atomic E-state index is -0.696. The van der Waals surface area contributed by atoms with E-state index in [0.29, 0.717) is 17.7 Å². The van der Waals surface area contributed by atoms with Crippen LogP contribution in [0.25, 0.3) is 0 Å². The summed E-state index contributed by atoms with van der Waals surface area (Å²) >= 11 is 0. The van der Waals surface area contributed by atoms with Crippen LogP contribution < -0.4 is 5.32 Å². The van der Waals surface area contributed by atoms with E-state index in [1.807, 2.05) is 12.1 Å². The van der Waals surface area contributed by atoms with Crippen molar-refractivity contribution in [1.82, 2.24) is 10.3 Å². The fraction of sp³-hybridized carbons (Fsp3) is 0.471. The summed E-state index contributed by atoms with van der Waals surface area (Å²) in [6.07, 6.45) is 7.99. The SMILES string of the molecule is CC1=C(C(=O)NCc2cccnc2)C2(CCCCC2)OC1=O. The number of carbonyl (C=O) groups is 2. The Morgan fingerprint density at radius 3 is 2.82 bits per heavy atom. The molecule has 3 rings (SSSR count). The molecule has 0 bridgehead atoms. The van der Waals surface area contributed by atoms with Gasteiger partial charge in [0.15, 0.2) is 0 Å². The molecule has 0 saturated heterocycles. The molecule has 2 aliphatic rings. The van der Waals surface area contributed by atoms with Gasteiger partial charge in [-0.2, -0.15) is 0 Å². The zero-order chi connectivity index (χ0) is 15.6. The predicted molar refractivity (Wildman–Crippen MR) is 80.7 cm³/mol. The van der Waals surface area contributed by atoms with Crippen LogP contribution in [0.4, 0.5) is 0 Å². The third kappa shape index (κ3) is 2.63. The van der Waals surface area contributed by atoms with Gasteiger partial charge in [0, 0.05) is 24.5 Å². The van der Waals surface area contributed by atoms with Crippen molar-refractivity contribution in [3.63, 3.8) is 0 Å². The molecule has 2 heterocycles. The Kier molecular flexibility index (Phi) is 3.96. The Hall–Kier alpha value is -2.17. The van der Waals surface area contributed by atoms with Crippen LogP contribution in [0.3, 0.4) is 0 Å². The number of aromatic nitrogens is 1. The molecule has 0 radical (unpaired) electrons. The molecule has 1 aliphatic heterocycles. The van der Waals surface area contributed by atoms with Crippen molar-refractivity contribution < 1.29 is 14.3 Å². The predicted octanol–water partition coefficient (Wildman–Crippen LogP) is 2.27. The van der Waals surface area contributed by atoms with Gasteiger partial charge < -0.3 is 10.1 Å². The van der Waals surface area contributed by atoms with E-state index in [0.717, 1.165) is 37.7 Å². The number of rotatable bonds is 3. The highest BCUT2D eigenvalue weighted by Gasteiger charge is 2.49. The van der Waals surface area contributed by atoms with Crippen LogP contribution in [0.2, 0.25) is 0 Å². The van der Waals surface area contributed by atoms with Gasteiger partial charge in [-0.3, -0.25) is 9.78 Å². The Morgan fingerprint density at radius 1 is 1.36 bits per heavy atom. The summed E-state index contributed by atoms with van der Waals surface area (Å²) in [7, 11) is 0. The van der Waals surface area contributed by atoms with Crippen LogP contribution in [0, 0.1) is 0 Å². The fourth-order valence-electron chi connectivity index (χ4n) is 3.37. The third-order valence-electron chi connectivity index (χ3n) is 4.49. The molecule has 1 N–H and O–H groups in total. The number of carbonyl (C=O) groups excluding carboxylic acids is 2. The molecule has 116 valence electrons. The highest BCUT2D eigenvalue weighted by molar-refractivity contribution is 6.07. The van der Waals surface area contributed by atoms with E-state index in [-0.39, 0.29) is 11.9 Å². The molecule has 5 nitrogen and oxygen atoms in total. The second-order valence-electron chi connectivity index (χ2n) is 5.99. The van der Waals surface area contributed by atoms with E-state index in [1.165, 1.54) is 0 Å². The molecule has 1 aromatic heterocycles. The van der Waals surface area contributed by atoms with Gasteiger partial charge in [0.25, 0.3) is 5.91 Å². The lowest BCUT2D eigenvalue weighted by Gasteiger charge is -2.34. The maximum absolute atomic E-state index is 12.6. The molecule has 1 aromatic rings. The van der Waals surface area contributed by atoms with Crippen LogP contribution in [0.15, 0.2) is 35.7 Å². The number of nitrogens with zero attached hydrogens (tertiary/aromatic N) is 1. The zero-order valence-electron chi connectivity index (χ0n) is 12.7. The molecule has 1 spiro atoms. The van der Waals surface area contributed by atoms with Crippen LogP contribution in [-0.2, 0) is 20.9 Å². The average Bonchev–Trinajstić information content (AvgIpc) is 2.77. The molecule has 1 saturated carbocycles. The first kappa shape index (κ1) is 14.8. The third-order valence-corrected chi connectivity index (χ3v) is 4.49. The van der Waals surface area contributed by atoms with Gasteiger partial charge >= 0.3 is 5.97 Å². The smallest absolute Gasteiger partial charge is 0.335 e. The van der Waals surface area contributed by atoms with Gasteiger partial charge in [-0.25, -0.2) is 4.79 Å². The fourth-order valence-corrected chi connectivity index (χ4v) is 3.37. The molecule has 0 unspecified atom stereocenters. The molecular formula is C17H20N2O3. The first-order valence-electron chi connectivity index (χ1n) is 7.74. The Bertz CT molecular complexity index is 616. The highest BCUT2D eigenvalue weighted by atomic mass is 16.6. The lowest BCUT2D eigenvalue weighted by atomic mass is 9.78. The van der Waals surface area contributed by atoms with Crippen molar-refractivity contribution in [3.05, 3.63) is 41.2 Å². The molecule has 0 aromatic carbocycles. The molecule has 5 heteroatoms. The number of ether oxygens (including phenoxy) is 1. The monoisotopic (exact) mass is 300 g/mol. The summed E-state index contributed by atoms with van der Waals surface area (Å²) < 4.78 is 5.60. The molecule has 1 aliphatic carbocycles. The maximum Gasteiger partial charge on any atom is 0.335 e. The summed E-state index contributed by atoms with van der Waals surface area (Å²) in [5, 5.41) is 2.89. The molecular weight excluding hydrogens is 280 g/mol. The molecule has 1 fully saturated rings. The maximum atomic E-state index is 12.6. The minimum absolute atomic E-state index is 0.200. The normalized spacial score (nSPS) is 20.1. The van der Waals surface area contributed by atoms with Gasteiger partial charge in [0.2, 0.25) is 0 Å². The van der Waals surface area contributed by atoms with E-state index in [1.54, 1.807) is 19.3 Å². The number of pyridine rings is 1. The number of amides is 1. The second kappa shape index (κ2) is 5.91. The highest BCUT2D eigenvalue weighted by Crippen LogP contribution is 2.43. The van der Waals surface area contributed by atoms with Crippen molar-refractivity contribution in [3.8, 4) is 0 Å². The van der Waals surface area contributed by atoms with Crippen LogP contribution >= 0.6 is 0 Å². The minimum Gasteiger partial charge on any atom is -0.451 e. The van der Waals surface area contributed by atoms with Crippen LogP contribution in [0.1, 0.15) is 44.6 Å². The van der Waals surface area contributed by atoms with Gasteiger partial charge in [0.05, 0.1) is 5.57 Å². The van der Waals surface area contributed by atoms with E-state index in [9.17, 15) is 9.59 Å². The largest absolute Gasteiger partial charge is 0.451 e. The van der Waals surface area contributed by atoms with Gasteiger partial charge in [-0.15, -0.1) is 0 Å². The van der Waals surface area contributed by atoms with Crippen molar-refractivity contribution in [2.24, 2.45) is 0 Å². The van der Waals surface area contributed by atoms with Crippen molar-refractivity contribution in [2.45, 2.75) is 51.2 Å². The number of esters is 1. The molecule has 1 amide bonds. The van der Waals surface area contributed by atoms with Gasteiger partial charge in [-0.1, -0.05) is 12.5 Å². The average molecular weight is 300 g/mol. The molecule has 22 heavy (non-hydrogen) atoms. The Balaban J connectivity index is 1.78. The summed E-state index contributed by atoms with van der Waals surface area (Å²) in [4.78, 5) is 28.6. The van der Waals surface area contributed by atoms with Gasteiger partial charge in [0.1, 0.15) is 5.60 Å². The lowest BCUT2D eigenvalue weighted by molar-refractivity contribution is -0.149. The number of hydrogen-bond donors (Lipinski definition) is 1. The van der Waals surface area contributed by atoms with E-state index in [4.69, 9.17) is 4.74 Å². The molecule has 0 atom stereocenters. The quantitative estimate of drug-likeness (QED) is 0.870. The summed E-state index contributed by atoms with van der Waals surface area (Å²) in [6, 6.07) is 3.73. The zero-order valence-corrected chi connectivity index (χ0v) is 12.7. The van der Waals surface area contributed by atoms with E-state index in [2.05, 4.69) is 10.3 Å². The Morgan fingerprint density at radius 2 is 2.14 bits per heavy atom. The van der Waals surface area contributed by atoms with Crippen LogP contribution in [0.5, 0.6) is 0 Å². The van der Waals surface area contributed by atoms with Gasteiger partial charge in [-0.05, 0) is 44.2 Å². The van der Waals surface area contributed by atoms with E-state index < -0.39 is 5.60 Å². The first-order chi connectivity index (χ1) is 10.6. The standard InChI is InChI=1S/C17H20N2O3/c1-12-14(15(20)19-11-13-6-5-9-18-10-13)17(22-16(12)21)7-3-2-4-8-17/h5-6,9-10H,2-4,7-8,11H2,1H3,(H,19,20). The summed E-state index contributed by atoms with van der Waals surface area (Å²) in [5.74, 6) is -0.553. The first-order valence-corrected chi connectivity index (χ1v) is 7.74. The number of hydrogen-bond acceptors (Lipinski definition) is 4. The van der Waals surface area contributed by atoms with Crippen molar-refractivity contribution >= 4 is 11.9 Å².